The topological polar surface area (TPSA) is 17.1 Å². The van der Waals surface area contributed by atoms with Crippen LogP contribution in [-0.4, -0.2) is 5.12 Å². The first-order valence-electron chi connectivity index (χ1n) is 9.37. The van der Waals surface area contributed by atoms with Crippen LogP contribution >= 0.6 is 11.8 Å². The highest BCUT2D eigenvalue weighted by atomic mass is 32.2. The van der Waals surface area contributed by atoms with Gasteiger partial charge in [0.25, 0.3) is 0 Å². The first-order valence-corrected chi connectivity index (χ1v) is 10.2. The molecular formula is C24H30OS. The molecule has 0 N–H and O–H groups in total. The Kier molecular flexibility index (Phi) is 4.63. The predicted octanol–water partition coefficient (Wildman–Crippen LogP) is 6.66. The van der Waals surface area contributed by atoms with Crippen LogP contribution in [0.15, 0.2) is 35.2 Å². The van der Waals surface area contributed by atoms with Gasteiger partial charge in [-0.25, -0.2) is 0 Å². The van der Waals surface area contributed by atoms with E-state index in [4.69, 9.17) is 0 Å². The molecule has 0 aliphatic carbocycles. The van der Waals surface area contributed by atoms with Gasteiger partial charge in [-0.2, -0.15) is 0 Å². The quantitative estimate of drug-likeness (QED) is 0.561. The summed E-state index contributed by atoms with van der Waals surface area (Å²) in [5, 5.41) is 0.250. The van der Waals surface area contributed by atoms with E-state index in [9.17, 15) is 4.79 Å². The standard InChI is InChI=1S/C24H30OS/c1-14-9-10-16(11-15(14)2)20-18-12-17(23(3,4)5)13-19(24(6,7)8)21(18)26-22(20)25/h9-13,20H,1-8H3. The van der Waals surface area contributed by atoms with Gasteiger partial charge in [0.05, 0.1) is 5.92 Å². The predicted molar refractivity (Wildman–Crippen MR) is 112 cm³/mol. The van der Waals surface area contributed by atoms with Crippen LogP contribution in [0.3, 0.4) is 0 Å². The van der Waals surface area contributed by atoms with Gasteiger partial charge >= 0.3 is 0 Å². The van der Waals surface area contributed by atoms with Crippen LogP contribution in [0.4, 0.5) is 0 Å². The molecule has 1 atom stereocenters. The van der Waals surface area contributed by atoms with E-state index < -0.39 is 0 Å². The number of hydrogen-bond acceptors (Lipinski definition) is 2. The number of aryl methyl sites for hydroxylation is 2. The third kappa shape index (κ3) is 3.36. The van der Waals surface area contributed by atoms with E-state index in [1.807, 2.05) is 0 Å². The molecule has 138 valence electrons. The Hall–Kier alpha value is -1.54. The minimum atomic E-state index is -0.155. The molecule has 2 aromatic rings. The molecule has 2 heteroatoms. The smallest absolute Gasteiger partial charge is 0.205 e. The molecule has 0 saturated carbocycles. The molecule has 0 bridgehead atoms. The molecule has 1 heterocycles. The highest BCUT2D eigenvalue weighted by Crippen LogP contribution is 2.50. The van der Waals surface area contributed by atoms with Crippen LogP contribution in [0.5, 0.6) is 0 Å². The first-order chi connectivity index (χ1) is 11.9. The van der Waals surface area contributed by atoms with E-state index in [-0.39, 0.29) is 21.9 Å². The van der Waals surface area contributed by atoms with Crippen molar-refractivity contribution in [1.82, 2.24) is 0 Å². The minimum Gasteiger partial charge on any atom is -0.286 e. The summed E-state index contributed by atoms with van der Waals surface area (Å²) < 4.78 is 0. The lowest BCUT2D eigenvalue weighted by Gasteiger charge is -2.28. The fourth-order valence-electron chi connectivity index (χ4n) is 3.52. The summed E-state index contributed by atoms with van der Waals surface area (Å²) in [5.74, 6) is -0.155. The highest BCUT2D eigenvalue weighted by molar-refractivity contribution is 8.14. The molecule has 0 saturated heterocycles. The van der Waals surface area contributed by atoms with Crippen molar-refractivity contribution in [2.75, 3.05) is 0 Å². The van der Waals surface area contributed by atoms with E-state index in [2.05, 4.69) is 85.7 Å². The summed E-state index contributed by atoms with van der Waals surface area (Å²) in [6, 6.07) is 11.1. The molecule has 26 heavy (non-hydrogen) atoms. The number of hydrogen-bond donors (Lipinski definition) is 0. The number of thioether (sulfide) groups is 1. The van der Waals surface area contributed by atoms with Crippen LogP contribution in [0.1, 0.15) is 80.8 Å². The Balaban J connectivity index is 2.26. The second-order valence-electron chi connectivity index (χ2n) is 9.64. The largest absolute Gasteiger partial charge is 0.286 e. The van der Waals surface area contributed by atoms with Gasteiger partial charge in [0.1, 0.15) is 0 Å². The monoisotopic (exact) mass is 366 g/mol. The van der Waals surface area contributed by atoms with Crippen molar-refractivity contribution in [2.45, 2.75) is 77.0 Å². The zero-order chi connectivity index (χ0) is 19.4. The average molecular weight is 367 g/mol. The van der Waals surface area contributed by atoms with E-state index in [1.54, 1.807) is 0 Å². The van der Waals surface area contributed by atoms with Gasteiger partial charge in [-0.15, -0.1) is 0 Å². The summed E-state index contributed by atoms with van der Waals surface area (Å²) in [5.41, 5.74) is 7.50. The maximum atomic E-state index is 13.0. The minimum absolute atomic E-state index is 0.0106. The second-order valence-corrected chi connectivity index (χ2v) is 10.7. The summed E-state index contributed by atoms with van der Waals surface area (Å²) >= 11 is 1.44. The average Bonchev–Trinajstić information content (AvgIpc) is 2.83. The summed E-state index contributed by atoms with van der Waals surface area (Å²) in [6.07, 6.45) is 0. The lowest BCUT2D eigenvalue weighted by Crippen LogP contribution is -2.18. The van der Waals surface area contributed by atoms with Crippen molar-refractivity contribution in [3.05, 3.63) is 63.7 Å². The highest BCUT2D eigenvalue weighted by Gasteiger charge is 2.38. The van der Waals surface area contributed by atoms with Gasteiger partial charge in [-0.3, -0.25) is 4.79 Å². The first kappa shape index (κ1) is 19.2. The number of rotatable bonds is 1. The maximum Gasteiger partial charge on any atom is 0.205 e. The van der Waals surface area contributed by atoms with Crippen molar-refractivity contribution in [2.24, 2.45) is 0 Å². The third-order valence-electron chi connectivity index (χ3n) is 5.41. The lowest BCUT2D eigenvalue weighted by molar-refractivity contribution is -0.111. The van der Waals surface area contributed by atoms with E-state index in [0.717, 1.165) is 5.56 Å². The molecule has 1 unspecified atom stereocenters. The Morgan fingerprint density at radius 2 is 1.50 bits per heavy atom. The third-order valence-corrected chi connectivity index (χ3v) is 6.50. The van der Waals surface area contributed by atoms with Crippen molar-refractivity contribution in [3.8, 4) is 0 Å². The molecule has 1 nitrogen and oxygen atoms in total. The van der Waals surface area contributed by atoms with Crippen molar-refractivity contribution in [1.29, 1.82) is 0 Å². The van der Waals surface area contributed by atoms with Crippen LogP contribution < -0.4 is 0 Å². The number of carbonyl (C=O) groups excluding carboxylic acids is 1. The Morgan fingerprint density at radius 3 is 2.04 bits per heavy atom. The van der Waals surface area contributed by atoms with Gasteiger partial charge in [0.2, 0.25) is 5.12 Å². The number of carbonyl (C=O) groups is 1. The van der Waals surface area contributed by atoms with Gasteiger partial charge in [-0.1, -0.05) is 83.6 Å². The zero-order valence-corrected chi connectivity index (χ0v) is 18.1. The van der Waals surface area contributed by atoms with Crippen LogP contribution in [0.2, 0.25) is 0 Å². The van der Waals surface area contributed by atoms with E-state index in [0.29, 0.717) is 0 Å². The molecule has 0 amide bonds. The van der Waals surface area contributed by atoms with Gasteiger partial charge in [-0.05, 0) is 58.1 Å². The Morgan fingerprint density at radius 1 is 0.846 bits per heavy atom. The summed E-state index contributed by atoms with van der Waals surface area (Å²) in [4.78, 5) is 14.2. The SMILES string of the molecule is Cc1ccc(C2C(=O)Sc3c2cc(C(C)(C)C)cc3C(C)(C)C)cc1C. The second kappa shape index (κ2) is 6.27. The molecule has 0 radical (unpaired) electrons. The van der Waals surface area contributed by atoms with Crippen molar-refractivity contribution < 1.29 is 4.79 Å². The normalized spacial score (nSPS) is 17.5. The zero-order valence-electron chi connectivity index (χ0n) is 17.3. The molecular weight excluding hydrogens is 336 g/mol. The molecule has 3 rings (SSSR count). The lowest BCUT2D eigenvalue weighted by atomic mass is 9.77. The molecule has 0 aromatic heterocycles. The Labute approximate surface area is 162 Å². The van der Waals surface area contributed by atoms with E-state index >= 15 is 0 Å². The molecule has 0 spiro atoms. The van der Waals surface area contributed by atoms with Crippen molar-refractivity contribution >= 4 is 16.9 Å². The van der Waals surface area contributed by atoms with E-state index in [1.165, 1.54) is 44.5 Å². The maximum absolute atomic E-state index is 13.0. The van der Waals surface area contributed by atoms with Crippen LogP contribution in [0.25, 0.3) is 0 Å². The molecule has 1 aliphatic rings. The van der Waals surface area contributed by atoms with Gasteiger partial charge in [0.15, 0.2) is 0 Å². The number of benzene rings is 2. The van der Waals surface area contributed by atoms with Crippen molar-refractivity contribution in [3.63, 3.8) is 0 Å². The number of fused-ring (bicyclic) bond motifs is 1. The Bertz CT molecular complexity index is 878. The van der Waals surface area contributed by atoms with Gasteiger partial charge < -0.3 is 0 Å². The van der Waals surface area contributed by atoms with Gasteiger partial charge in [0, 0.05) is 4.90 Å². The molecule has 2 aromatic carbocycles. The van der Waals surface area contributed by atoms with Crippen LogP contribution in [0, 0.1) is 13.8 Å². The molecule has 1 aliphatic heterocycles. The fourth-order valence-corrected chi connectivity index (χ4v) is 4.87. The summed E-state index contributed by atoms with van der Waals surface area (Å²) in [7, 11) is 0. The molecule has 0 fully saturated rings. The summed E-state index contributed by atoms with van der Waals surface area (Å²) in [6.45, 7) is 17.7. The van der Waals surface area contributed by atoms with Crippen LogP contribution in [-0.2, 0) is 15.6 Å². The fraction of sp³-hybridized carbons (Fsp3) is 0.458.